The van der Waals surface area contributed by atoms with Crippen LogP contribution in [0.25, 0.3) is 0 Å². The van der Waals surface area contributed by atoms with Gasteiger partial charge in [0.15, 0.2) is 5.96 Å². The molecule has 156 valence electrons. The fraction of sp³-hybridized carbons (Fsp3) is 0.522. The van der Waals surface area contributed by atoms with E-state index in [0.29, 0.717) is 6.04 Å². The fourth-order valence-corrected chi connectivity index (χ4v) is 5.10. The van der Waals surface area contributed by atoms with Gasteiger partial charge in [-0.05, 0) is 61.8 Å². The fourth-order valence-electron chi connectivity index (χ4n) is 4.35. The maximum absolute atomic E-state index is 4.47. The number of thiophene rings is 1. The number of aliphatic imine (C=N–C) groups is 1. The third-order valence-corrected chi connectivity index (χ3v) is 6.96. The second-order valence-electron chi connectivity index (χ2n) is 8.16. The van der Waals surface area contributed by atoms with Crippen LogP contribution >= 0.6 is 11.3 Å². The topological polar surface area (TPSA) is 42.9 Å². The van der Waals surface area contributed by atoms with Crippen molar-refractivity contribution in [3.63, 3.8) is 0 Å². The lowest BCUT2D eigenvalue weighted by Crippen LogP contribution is -2.47. The predicted molar refractivity (Wildman–Crippen MR) is 124 cm³/mol. The highest BCUT2D eigenvalue weighted by atomic mass is 32.1. The van der Waals surface area contributed by atoms with Crippen LogP contribution in [0.2, 0.25) is 0 Å². The second kappa shape index (κ2) is 10.1. The highest BCUT2D eigenvalue weighted by Gasteiger charge is 2.24. The number of nitrogens with zero attached hydrogens (tertiary/aromatic N) is 3. The van der Waals surface area contributed by atoms with E-state index < -0.39 is 0 Å². The lowest BCUT2D eigenvalue weighted by molar-refractivity contribution is 0.179. The first-order chi connectivity index (χ1) is 14.3. The molecule has 0 saturated carbocycles. The quantitative estimate of drug-likeness (QED) is 0.565. The van der Waals surface area contributed by atoms with Gasteiger partial charge in [-0.2, -0.15) is 0 Å². The van der Waals surface area contributed by atoms with Gasteiger partial charge in [0.25, 0.3) is 0 Å². The summed E-state index contributed by atoms with van der Waals surface area (Å²) in [7, 11) is 1.88. The zero-order valence-electron chi connectivity index (χ0n) is 17.4. The zero-order chi connectivity index (χ0) is 19.9. The number of hydrogen-bond acceptors (Lipinski definition) is 4. The normalized spacial score (nSPS) is 21.5. The molecule has 2 saturated heterocycles. The lowest BCUT2D eigenvalue weighted by atomic mass is 9.97. The minimum atomic E-state index is 0.453. The van der Waals surface area contributed by atoms with Crippen LogP contribution in [0, 0.1) is 5.92 Å². The van der Waals surface area contributed by atoms with Gasteiger partial charge in [-0.3, -0.25) is 9.89 Å². The van der Waals surface area contributed by atoms with Gasteiger partial charge in [0, 0.05) is 49.8 Å². The van der Waals surface area contributed by atoms with Crippen LogP contribution in [0.15, 0.2) is 52.8 Å². The number of anilines is 1. The molecule has 1 unspecified atom stereocenters. The number of guanidine groups is 1. The van der Waals surface area contributed by atoms with Crippen molar-refractivity contribution in [2.24, 2.45) is 10.9 Å². The van der Waals surface area contributed by atoms with E-state index in [9.17, 15) is 0 Å². The third kappa shape index (κ3) is 5.73. The molecule has 4 rings (SSSR count). The van der Waals surface area contributed by atoms with E-state index in [1.165, 1.54) is 36.5 Å². The highest BCUT2D eigenvalue weighted by Crippen LogP contribution is 2.21. The molecule has 29 heavy (non-hydrogen) atoms. The van der Waals surface area contributed by atoms with Crippen molar-refractivity contribution >= 4 is 23.0 Å². The zero-order valence-corrected chi connectivity index (χ0v) is 18.2. The Kier molecular flexibility index (Phi) is 7.06. The number of hydrogen-bond donors (Lipinski definition) is 2. The Balaban J connectivity index is 1.17. The van der Waals surface area contributed by atoms with Gasteiger partial charge in [0.2, 0.25) is 0 Å². The number of rotatable bonds is 6. The minimum Gasteiger partial charge on any atom is -0.369 e. The van der Waals surface area contributed by atoms with Crippen molar-refractivity contribution in [2.45, 2.75) is 31.8 Å². The van der Waals surface area contributed by atoms with E-state index in [4.69, 9.17) is 0 Å². The molecule has 2 fully saturated rings. The number of likely N-dealkylation sites (tertiary alicyclic amines) is 1. The summed E-state index contributed by atoms with van der Waals surface area (Å²) in [6, 6.07) is 15.5. The molecule has 1 aromatic carbocycles. The van der Waals surface area contributed by atoms with Crippen LogP contribution in [-0.4, -0.2) is 56.7 Å². The highest BCUT2D eigenvalue weighted by molar-refractivity contribution is 7.09. The van der Waals surface area contributed by atoms with Crippen molar-refractivity contribution in [3.05, 3.63) is 52.7 Å². The second-order valence-corrected chi connectivity index (χ2v) is 9.20. The summed E-state index contributed by atoms with van der Waals surface area (Å²) in [6.07, 6.45) is 3.68. The van der Waals surface area contributed by atoms with E-state index in [2.05, 4.69) is 73.3 Å². The molecular weight excluding hydrogens is 378 g/mol. The van der Waals surface area contributed by atoms with Gasteiger partial charge < -0.3 is 15.5 Å². The molecule has 0 spiro atoms. The first-order valence-corrected chi connectivity index (χ1v) is 11.7. The maximum Gasteiger partial charge on any atom is 0.191 e. The Morgan fingerprint density at radius 2 is 1.90 bits per heavy atom. The van der Waals surface area contributed by atoms with Crippen LogP contribution in [-0.2, 0) is 6.54 Å². The predicted octanol–water partition coefficient (Wildman–Crippen LogP) is 3.40. The Morgan fingerprint density at radius 3 is 2.62 bits per heavy atom. The summed E-state index contributed by atoms with van der Waals surface area (Å²) in [5.74, 6) is 1.68. The summed E-state index contributed by atoms with van der Waals surface area (Å²) >= 11 is 1.87. The van der Waals surface area contributed by atoms with Crippen molar-refractivity contribution in [2.75, 3.05) is 44.7 Å². The van der Waals surface area contributed by atoms with Crippen LogP contribution in [0.5, 0.6) is 0 Å². The molecule has 1 atom stereocenters. The van der Waals surface area contributed by atoms with Crippen LogP contribution in [0.3, 0.4) is 0 Å². The summed E-state index contributed by atoms with van der Waals surface area (Å²) < 4.78 is 0. The molecule has 2 aliphatic heterocycles. The first kappa shape index (κ1) is 20.2. The van der Waals surface area contributed by atoms with E-state index in [1.54, 1.807) is 0 Å². The molecule has 0 radical (unpaired) electrons. The van der Waals surface area contributed by atoms with E-state index in [-0.39, 0.29) is 0 Å². The summed E-state index contributed by atoms with van der Waals surface area (Å²) in [4.78, 5) is 11.0. The number of piperidine rings is 1. The molecule has 0 amide bonds. The Morgan fingerprint density at radius 1 is 1.07 bits per heavy atom. The molecule has 2 aromatic rings. The van der Waals surface area contributed by atoms with Crippen LogP contribution < -0.4 is 15.5 Å². The van der Waals surface area contributed by atoms with Gasteiger partial charge in [-0.1, -0.05) is 24.3 Å². The third-order valence-electron chi connectivity index (χ3n) is 6.10. The summed E-state index contributed by atoms with van der Waals surface area (Å²) in [6.45, 7) is 6.66. The van der Waals surface area contributed by atoms with Gasteiger partial charge in [0.05, 0.1) is 0 Å². The monoisotopic (exact) mass is 411 g/mol. The maximum atomic E-state index is 4.47. The van der Waals surface area contributed by atoms with Crippen LogP contribution in [0.1, 0.15) is 24.1 Å². The molecule has 6 heteroatoms. The van der Waals surface area contributed by atoms with Crippen molar-refractivity contribution in [1.29, 1.82) is 0 Å². The van der Waals surface area contributed by atoms with E-state index in [1.807, 2.05) is 18.4 Å². The Hall–Kier alpha value is -2.05. The molecule has 0 aliphatic carbocycles. The molecule has 5 nitrogen and oxygen atoms in total. The van der Waals surface area contributed by atoms with Crippen molar-refractivity contribution in [1.82, 2.24) is 15.5 Å². The SMILES string of the molecule is CN=C(NCC1CCN(Cc2cccs2)CC1)NC1CCN(c2ccccc2)C1. The van der Waals surface area contributed by atoms with E-state index >= 15 is 0 Å². The van der Waals surface area contributed by atoms with Gasteiger partial charge in [-0.25, -0.2) is 0 Å². The lowest BCUT2D eigenvalue weighted by Gasteiger charge is -2.32. The van der Waals surface area contributed by atoms with E-state index in [0.717, 1.165) is 44.5 Å². The number of para-hydroxylation sites is 1. The standard InChI is InChI=1S/C23H33N5S/c1-24-23(26-20-11-14-28(17-20)21-6-3-2-4-7-21)25-16-19-9-12-27(13-10-19)18-22-8-5-15-29-22/h2-8,15,19-20H,9-14,16-18H2,1H3,(H2,24,25,26). The number of benzene rings is 1. The molecule has 2 N–H and O–H groups in total. The van der Waals surface area contributed by atoms with Gasteiger partial charge >= 0.3 is 0 Å². The largest absolute Gasteiger partial charge is 0.369 e. The first-order valence-electron chi connectivity index (χ1n) is 10.8. The molecule has 0 bridgehead atoms. The van der Waals surface area contributed by atoms with Crippen LogP contribution in [0.4, 0.5) is 5.69 Å². The molecule has 3 heterocycles. The van der Waals surface area contributed by atoms with Gasteiger partial charge in [-0.15, -0.1) is 11.3 Å². The average molecular weight is 412 g/mol. The minimum absolute atomic E-state index is 0.453. The number of nitrogens with one attached hydrogen (secondary N) is 2. The smallest absolute Gasteiger partial charge is 0.191 e. The Bertz CT molecular complexity index is 753. The molecular formula is C23H33N5S. The molecule has 2 aliphatic rings. The Labute approximate surface area is 178 Å². The molecule has 1 aromatic heterocycles. The summed E-state index contributed by atoms with van der Waals surface area (Å²) in [5, 5.41) is 9.39. The summed E-state index contributed by atoms with van der Waals surface area (Å²) in [5.41, 5.74) is 1.31. The van der Waals surface area contributed by atoms with Crippen molar-refractivity contribution in [3.8, 4) is 0 Å². The van der Waals surface area contributed by atoms with Crippen molar-refractivity contribution < 1.29 is 0 Å². The van der Waals surface area contributed by atoms with Gasteiger partial charge in [0.1, 0.15) is 0 Å². The average Bonchev–Trinajstić information content (AvgIpc) is 3.45.